The predicted molar refractivity (Wildman–Crippen MR) is 142 cm³/mol. The van der Waals surface area contributed by atoms with Gasteiger partial charge in [-0.05, 0) is 51.0 Å². The number of carbonyl (C=O) groups is 1. The van der Waals surface area contributed by atoms with Crippen molar-refractivity contribution in [2.75, 3.05) is 57.9 Å². The van der Waals surface area contributed by atoms with Crippen LogP contribution in [0.15, 0.2) is 42.5 Å². The second-order valence-corrected chi connectivity index (χ2v) is 9.36. The molecule has 2 aliphatic rings. The van der Waals surface area contributed by atoms with Crippen molar-refractivity contribution in [2.45, 2.75) is 44.9 Å². The van der Waals surface area contributed by atoms with Crippen LogP contribution in [0.2, 0.25) is 0 Å². The Labute approximate surface area is 219 Å². The van der Waals surface area contributed by atoms with E-state index in [2.05, 4.69) is 10.2 Å². The molecule has 0 bridgehead atoms. The molecule has 9 heteroatoms. The van der Waals surface area contributed by atoms with Gasteiger partial charge in [-0.25, -0.2) is 0 Å². The highest BCUT2D eigenvalue weighted by molar-refractivity contribution is 5.97. The smallest absolute Gasteiger partial charge is 0.241 e. The Morgan fingerprint density at radius 1 is 1.08 bits per heavy atom. The van der Waals surface area contributed by atoms with E-state index in [1.807, 2.05) is 56.3 Å². The number of rotatable bonds is 11. The summed E-state index contributed by atoms with van der Waals surface area (Å²) >= 11 is 0. The van der Waals surface area contributed by atoms with Gasteiger partial charge in [0.1, 0.15) is 29.9 Å². The van der Waals surface area contributed by atoms with Crippen LogP contribution in [0.25, 0.3) is 0 Å². The summed E-state index contributed by atoms with van der Waals surface area (Å²) in [6.45, 7) is 7.54. The highest BCUT2D eigenvalue weighted by atomic mass is 16.6. The number of ether oxygens (including phenoxy) is 4. The van der Waals surface area contributed by atoms with Gasteiger partial charge in [-0.2, -0.15) is 0 Å². The number of benzene rings is 2. The number of hydrogen-bond donors (Lipinski definition) is 2. The lowest BCUT2D eigenvalue weighted by Gasteiger charge is -2.34. The molecule has 0 saturated carbocycles. The minimum atomic E-state index is -0.674. The molecule has 9 nitrogen and oxygen atoms in total. The fourth-order valence-corrected chi connectivity index (χ4v) is 4.74. The predicted octanol–water partition coefficient (Wildman–Crippen LogP) is 2.70. The third kappa shape index (κ3) is 6.85. The van der Waals surface area contributed by atoms with Crippen LogP contribution in [0.1, 0.15) is 26.7 Å². The van der Waals surface area contributed by atoms with Crippen LogP contribution in [0.4, 0.5) is 5.69 Å². The number of aliphatic hydroxyl groups is 1. The number of amides is 1. The molecule has 0 aromatic heterocycles. The monoisotopic (exact) mass is 513 g/mol. The molecule has 2 aromatic rings. The number of hydrogen-bond acceptors (Lipinski definition) is 8. The number of fused-ring (bicyclic) bond motifs is 1. The van der Waals surface area contributed by atoms with Crippen LogP contribution < -0.4 is 29.2 Å². The number of likely N-dealkylation sites (tertiary alicyclic amines) is 1. The summed E-state index contributed by atoms with van der Waals surface area (Å²) in [7, 11) is 1.77. The molecule has 2 heterocycles. The third-order valence-corrected chi connectivity index (χ3v) is 6.79. The van der Waals surface area contributed by atoms with Crippen molar-refractivity contribution >= 4 is 11.6 Å². The lowest BCUT2D eigenvalue weighted by molar-refractivity contribution is -0.119. The minimum Gasteiger partial charge on any atom is -0.492 e. The Morgan fingerprint density at radius 3 is 2.38 bits per heavy atom. The van der Waals surface area contributed by atoms with Gasteiger partial charge in [0.25, 0.3) is 0 Å². The van der Waals surface area contributed by atoms with Crippen LogP contribution in [-0.4, -0.2) is 87.2 Å². The van der Waals surface area contributed by atoms with Crippen LogP contribution in [0.5, 0.6) is 23.0 Å². The van der Waals surface area contributed by atoms with Crippen LogP contribution >= 0.6 is 0 Å². The largest absolute Gasteiger partial charge is 0.492 e. The second-order valence-electron chi connectivity index (χ2n) is 9.36. The summed E-state index contributed by atoms with van der Waals surface area (Å²) < 4.78 is 23.2. The molecular formula is C28H39N3O6. The Morgan fingerprint density at radius 2 is 1.73 bits per heavy atom. The van der Waals surface area contributed by atoms with E-state index >= 15 is 0 Å². The van der Waals surface area contributed by atoms with E-state index in [9.17, 15) is 9.90 Å². The zero-order valence-electron chi connectivity index (χ0n) is 22.0. The lowest BCUT2D eigenvalue weighted by Crippen LogP contribution is -2.50. The van der Waals surface area contributed by atoms with Crippen molar-refractivity contribution < 1.29 is 28.8 Å². The average Bonchev–Trinajstić information content (AvgIpc) is 2.92. The van der Waals surface area contributed by atoms with Gasteiger partial charge < -0.3 is 34.3 Å². The SMILES string of the molecule is CCOc1cccc(OCC)c1N(C)C(=O)CN1CCC(NCC(O)C2COc3ccccc3O2)CC1. The number of carbonyl (C=O) groups excluding carboxylic acids is 1. The van der Waals surface area contributed by atoms with Crippen molar-refractivity contribution in [3.63, 3.8) is 0 Å². The molecule has 1 amide bonds. The molecule has 37 heavy (non-hydrogen) atoms. The van der Waals surface area contributed by atoms with Gasteiger partial charge in [-0.1, -0.05) is 18.2 Å². The summed E-state index contributed by atoms with van der Waals surface area (Å²) in [5.41, 5.74) is 0.665. The lowest BCUT2D eigenvalue weighted by atomic mass is 10.0. The number of aliphatic hydroxyl groups excluding tert-OH is 1. The first-order valence-corrected chi connectivity index (χ1v) is 13.2. The molecule has 1 fully saturated rings. The van der Waals surface area contributed by atoms with E-state index in [0.29, 0.717) is 61.6 Å². The number of para-hydroxylation sites is 3. The maximum absolute atomic E-state index is 13.2. The summed E-state index contributed by atoms with van der Waals surface area (Å²) in [5.74, 6) is 2.65. The maximum Gasteiger partial charge on any atom is 0.241 e. The van der Waals surface area contributed by atoms with Crippen molar-refractivity contribution in [1.29, 1.82) is 0 Å². The van der Waals surface area contributed by atoms with Crippen LogP contribution in [0, 0.1) is 0 Å². The maximum atomic E-state index is 13.2. The topological polar surface area (TPSA) is 92.7 Å². The minimum absolute atomic E-state index is 0.00957. The number of nitrogens with zero attached hydrogens (tertiary/aromatic N) is 2. The molecule has 2 atom stereocenters. The summed E-state index contributed by atoms with van der Waals surface area (Å²) in [6.07, 6.45) is 0.714. The quantitative estimate of drug-likeness (QED) is 0.474. The van der Waals surface area contributed by atoms with E-state index in [4.69, 9.17) is 18.9 Å². The molecule has 0 radical (unpaired) electrons. The Hall–Kier alpha value is -3.01. The summed E-state index contributed by atoms with van der Waals surface area (Å²) in [5, 5.41) is 14.1. The van der Waals surface area contributed by atoms with Crippen LogP contribution in [-0.2, 0) is 4.79 Å². The van der Waals surface area contributed by atoms with E-state index in [-0.39, 0.29) is 11.9 Å². The first kappa shape index (κ1) is 27.0. The molecule has 4 rings (SSSR count). The van der Waals surface area contributed by atoms with Gasteiger partial charge in [-0.15, -0.1) is 0 Å². The molecule has 2 aromatic carbocycles. The van der Waals surface area contributed by atoms with Crippen LogP contribution in [0.3, 0.4) is 0 Å². The first-order chi connectivity index (χ1) is 18.0. The fourth-order valence-electron chi connectivity index (χ4n) is 4.74. The molecule has 0 spiro atoms. The molecule has 1 saturated heterocycles. The Bertz CT molecular complexity index is 1000. The van der Waals surface area contributed by atoms with Crippen molar-refractivity contribution in [3.05, 3.63) is 42.5 Å². The van der Waals surface area contributed by atoms with Gasteiger partial charge in [0.2, 0.25) is 5.91 Å². The van der Waals surface area contributed by atoms with Crippen molar-refractivity contribution in [3.8, 4) is 23.0 Å². The average molecular weight is 514 g/mol. The third-order valence-electron chi connectivity index (χ3n) is 6.79. The number of likely N-dealkylation sites (N-methyl/N-ethyl adjacent to an activating group) is 1. The molecule has 202 valence electrons. The normalized spacial score (nSPS) is 18.8. The first-order valence-electron chi connectivity index (χ1n) is 13.2. The zero-order chi connectivity index (χ0) is 26.2. The fraction of sp³-hybridized carbons (Fsp3) is 0.536. The number of nitrogens with one attached hydrogen (secondary N) is 1. The Balaban J connectivity index is 1.24. The van der Waals surface area contributed by atoms with Gasteiger partial charge in [-0.3, -0.25) is 9.69 Å². The molecule has 2 unspecified atom stereocenters. The van der Waals surface area contributed by atoms with E-state index in [0.717, 1.165) is 25.9 Å². The number of anilines is 1. The van der Waals surface area contributed by atoms with Gasteiger partial charge in [0.15, 0.2) is 17.6 Å². The summed E-state index contributed by atoms with van der Waals surface area (Å²) in [4.78, 5) is 17.0. The highest BCUT2D eigenvalue weighted by Gasteiger charge is 2.29. The second kappa shape index (κ2) is 13.0. The number of piperidine rings is 1. The van der Waals surface area contributed by atoms with Gasteiger partial charge >= 0.3 is 0 Å². The molecular weight excluding hydrogens is 474 g/mol. The zero-order valence-corrected chi connectivity index (χ0v) is 22.0. The van der Waals surface area contributed by atoms with Gasteiger partial charge in [0.05, 0.1) is 19.8 Å². The Kier molecular flexibility index (Phi) is 9.49. The van der Waals surface area contributed by atoms with E-state index < -0.39 is 12.2 Å². The van der Waals surface area contributed by atoms with Gasteiger partial charge in [0, 0.05) is 32.7 Å². The van der Waals surface area contributed by atoms with Crippen molar-refractivity contribution in [2.24, 2.45) is 0 Å². The van der Waals surface area contributed by atoms with E-state index in [1.54, 1.807) is 11.9 Å². The molecule has 2 aliphatic heterocycles. The molecule has 0 aliphatic carbocycles. The standard InChI is InChI=1S/C28H39N3O6/c1-4-34-24-11-8-12-25(35-5-2)28(24)30(3)27(33)18-31-15-13-20(14-16-31)29-17-21(32)26-19-36-22-9-6-7-10-23(22)37-26/h6-12,20-21,26,29,32H,4-5,13-19H2,1-3H3. The van der Waals surface area contributed by atoms with Crippen molar-refractivity contribution in [1.82, 2.24) is 10.2 Å². The van der Waals surface area contributed by atoms with E-state index in [1.165, 1.54) is 0 Å². The molecule has 2 N–H and O–H groups in total. The highest BCUT2D eigenvalue weighted by Crippen LogP contribution is 2.37. The summed E-state index contributed by atoms with van der Waals surface area (Å²) in [6, 6.07) is 13.4.